The first-order valence-electron chi connectivity index (χ1n) is 7.03. The van der Waals surface area contributed by atoms with Crippen LogP contribution in [-0.4, -0.2) is 31.6 Å². The molecule has 1 aromatic heterocycles. The molecule has 118 valence electrons. The lowest BCUT2D eigenvalue weighted by Crippen LogP contribution is -2.17. The molecule has 6 nitrogen and oxygen atoms in total. The van der Waals surface area contributed by atoms with Gasteiger partial charge >= 0.3 is 5.97 Å². The van der Waals surface area contributed by atoms with Crippen LogP contribution in [0, 0.1) is 0 Å². The highest BCUT2D eigenvalue weighted by Crippen LogP contribution is 2.30. The number of carbonyl (C=O) groups is 2. The van der Waals surface area contributed by atoms with Crippen LogP contribution in [0.25, 0.3) is 6.08 Å². The summed E-state index contributed by atoms with van der Waals surface area (Å²) in [5, 5.41) is 0. The SMILES string of the molecule is O=C(/C=C/c1ccco1)OCC(=O)c1ccc2c(c1)OCCO2. The summed E-state index contributed by atoms with van der Waals surface area (Å²) >= 11 is 0. The van der Waals surface area contributed by atoms with E-state index in [1.165, 1.54) is 18.4 Å². The van der Waals surface area contributed by atoms with Gasteiger partial charge in [-0.25, -0.2) is 4.79 Å². The van der Waals surface area contributed by atoms with E-state index in [2.05, 4.69) is 0 Å². The van der Waals surface area contributed by atoms with Gasteiger partial charge in [0, 0.05) is 11.6 Å². The topological polar surface area (TPSA) is 75.0 Å². The number of ketones is 1. The van der Waals surface area contributed by atoms with Gasteiger partial charge < -0.3 is 18.6 Å². The fraction of sp³-hybridized carbons (Fsp3) is 0.176. The molecule has 0 saturated carbocycles. The molecule has 0 fully saturated rings. The van der Waals surface area contributed by atoms with Crippen molar-refractivity contribution < 1.29 is 28.2 Å². The van der Waals surface area contributed by atoms with Crippen molar-refractivity contribution in [3.8, 4) is 11.5 Å². The smallest absolute Gasteiger partial charge is 0.331 e. The number of hydrogen-bond acceptors (Lipinski definition) is 6. The van der Waals surface area contributed by atoms with Gasteiger partial charge in [-0.15, -0.1) is 0 Å². The van der Waals surface area contributed by atoms with Gasteiger partial charge in [-0.1, -0.05) is 0 Å². The van der Waals surface area contributed by atoms with Crippen molar-refractivity contribution in [2.24, 2.45) is 0 Å². The largest absolute Gasteiger partial charge is 0.486 e. The Balaban J connectivity index is 1.56. The monoisotopic (exact) mass is 314 g/mol. The van der Waals surface area contributed by atoms with Crippen LogP contribution >= 0.6 is 0 Å². The Morgan fingerprint density at radius 1 is 1.13 bits per heavy atom. The van der Waals surface area contributed by atoms with Gasteiger partial charge in [0.1, 0.15) is 19.0 Å². The predicted octanol–water partition coefficient (Wildman–Crippen LogP) is 2.49. The van der Waals surface area contributed by atoms with Crippen molar-refractivity contribution in [1.29, 1.82) is 0 Å². The fourth-order valence-corrected chi connectivity index (χ4v) is 2.02. The summed E-state index contributed by atoms with van der Waals surface area (Å²) in [6, 6.07) is 8.27. The zero-order chi connectivity index (χ0) is 16.1. The summed E-state index contributed by atoms with van der Waals surface area (Å²) in [6.07, 6.45) is 4.17. The summed E-state index contributed by atoms with van der Waals surface area (Å²) in [6.45, 7) is 0.581. The van der Waals surface area contributed by atoms with Crippen LogP contribution in [0.1, 0.15) is 16.1 Å². The molecule has 0 unspecified atom stereocenters. The minimum atomic E-state index is -0.618. The quantitative estimate of drug-likeness (QED) is 0.479. The van der Waals surface area contributed by atoms with E-state index in [4.69, 9.17) is 18.6 Å². The third-order valence-electron chi connectivity index (χ3n) is 3.14. The van der Waals surface area contributed by atoms with Gasteiger partial charge in [-0.3, -0.25) is 4.79 Å². The van der Waals surface area contributed by atoms with Gasteiger partial charge in [0.25, 0.3) is 0 Å². The molecule has 0 bridgehead atoms. The van der Waals surface area contributed by atoms with Crippen LogP contribution in [0.2, 0.25) is 0 Å². The number of carbonyl (C=O) groups excluding carboxylic acids is 2. The molecule has 1 aliphatic heterocycles. The molecule has 1 aliphatic rings. The summed E-state index contributed by atoms with van der Waals surface area (Å²) in [4.78, 5) is 23.6. The van der Waals surface area contributed by atoms with Crippen molar-refractivity contribution in [1.82, 2.24) is 0 Å². The highest BCUT2D eigenvalue weighted by molar-refractivity contribution is 5.99. The summed E-state index contributed by atoms with van der Waals surface area (Å²) in [7, 11) is 0. The van der Waals surface area contributed by atoms with Gasteiger partial charge in [0.15, 0.2) is 23.9 Å². The van der Waals surface area contributed by atoms with Crippen LogP contribution in [-0.2, 0) is 9.53 Å². The van der Waals surface area contributed by atoms with Crippen molar-refractivity contribution in [3.63, 3.8) is 0 Å². The Morgan fingerprint density at radius 3 is 2.74 bits per heavy atom. The molecule has 0 saturated heterocycles. The van der Waals surface area contributed by atoms with E-state index in [1.54, 1.807) is 30.3 Å². The first-order valence-corrected chi connectivity index (χ1v) is 7.03. The molecular formula is C17H14O6. The third-order valence-corrected chi connectivity index (χ3v) is 3.14. The molecule has 2 heterocycles. The van der Waals surface area contributed by atoms with Gasteiger partial charge in [-0.05, 0) is 36.4 Å². The van der Waals surface area contributed by atoms with Crippen LogP contribution in [0.3, 0.4) is 0 Å². The zero-order valence-corrected chi connectivity index (χ0v) is 12.2. The number of furan rings is 1. The molecule has 0 spiro atoms. The van der Waals surface area contributed by atoms with Crippen molar-refractivity contribution in [2.75, 3.05) is 19.8 Å². The molecule has 0 atom stereocenters. The lowest BCUT2D eigenvalue weighted by atomic mass is 10.1. The van der Waals surface area contributed by atoms with Crippen molar-refractivity contribution in [2.45, 2.75) is 0 Å². The summed E-state index contributed by atoms with van der Waals surface area (Å²) in [5.41, 5.74) is 0.400. The summed E-state index contributed by atoms with van der Waals surface area (Å²) < 4.78 is 20.8. The van der Waals surface area contributed by atoms with E-state index in [9.17, 15) is 9.59 Å². The molecule has 0 radical (unpaired) electrons. The van der Waals surface area contributed by atoms with E-state index in [-0.39, 0.29) is 12.4 Å². The highest BCUT2D eigenvalue weighted by atomic mass is 16.6. The van der Waals surface area contributed by atoms with E-state index in [0.29, 0.717) is 36.0 Å². The maximum atomic E-state index is 12.1. The second-order valence-electron chi connectivity index (χ2n) is 4.74. The van der Waals surface area contributed by atoms with E-state index in [1.807, 2.05) is 0 Å². The third kappa shape index (κ3) is 3.79. The maximum absolute atomic E-state index is 12.1. The second kappa shape index (κ2) is 6.83. The Morgan fingerprint density at radius 2 is 1.96 bits per heavy atom. The van der Waals surface area contributed by atoms with Gasteiger partial charge in [-0.2, -0.15) is 0 Å². The van der Waals surface area contributed by atoms with Gasteiger partial charge in [0.2, 0.25) is 0 Å². The molecule has 0 amide bonds. The molecule has 2 aromatic rings. The average Bonchev–Trinajstić information content (AvgIpc) is 3.11. The molecule has 23 heavy (non-hydrogen) atoms. The molecule has 6 heteroatoms. The molecule has 0 N–H and O–H groups in total. The Labute approximate surface area is 132 Å². The Kier molecular flexibility index (Phi) is 4.42. The number of fused-ring (bicyclic) bond motifs is 1. The lowest BCUT2D eigenvalue weighted by Gasteiger charge is -2.18. The standard InChI is InChI=1S/C17H14O6/c18-14(11-23-17(19)6-4-13-2-1-7-20-13)12-3-5-15-16(10-12)22-9-8-21-15/h1-7,10H,8-9,11H2/b6-4+. The van der Waals surface area contributed by atoms with Crippen LogP contribution in [0.5, 0.6) is 11.5 Å². The molecule has 3 rings (SSSR count). The van der Waals surface area contributed by atoms with E-state index >= 15 is 0 Å². The number of Topliss-reactive ketones (excluding diaryl/α,β-unsaturated/α-hetero) is 1. The highest BCUT2D eigenvalue weighted by Gasteiger charge is 2.15. The van der Waals surface area contributed by atoms with Crippen LogP contribution in [0.15, 0.2) is 47.1 Å². The average molecular weight is 314 g/mol. The predicted molar refractivity (Wildman–Crippen MR) is 80.5 cm³/mol. The minimum absolute atomic E-state index is 0.318. The zero-order valence-electron chi connectivity index (χ0n) is 12.2. The van der Waals surface area contributed by atoms with E-state index in [0.717, 1.165) is 0 Å². The van der Waals surface area contributed by atoms with Crippen LogP contribution in [0.4, 0.5) is 0 Å². The Bertz CT molecular complexity index is 730. The summed E-state index contributed by atoms with van der Waals surface area (Å²) in [5.74, 6) is 0.714. The first-order chi connectivity index (χ1) is 11.2. The fourth-order valence-electron chi connectivity index (χ4n) is 2.02. The molecular weight excluding hydrogens is 300 g/mol. The van der Waals surface area contributed by atoms with Crippen molar-refractivity contribution >= 4 is 17.8 Å². The van der Waals surface area contributed by atoms with Crippen molar-refractivity contribution in [3.05, 3.63) is 54.0 Å². The molecule has 1 aromatic carbocycles. The lowest BCUT2D eigenvalue weighted by molar-refractivity contribution is -0.136. The number of benzene rings is 1. The minimum Gasteiger partial charge on any atom is -0.486 e. The number of hydrogen-bond donors (Lipinski definition) is 0. The first kappa shape index (κ1) is 14.9. The van der Waals surface area contributed by atoms with E-state index < -0.39 is 5.97 Å². The van der Waals surface area contributed by atoms with Crippen LogP contribution < -0.4 is 9.47 Å². The molecule has 0 aliphatic carbocycles. The van der Waals surface area contributed by atoms with Gasteiger partial charge in [0.05, 0.1) is 6.26 Å². The second-order valence-corrected chi connectivity index (χ2v) is 4.74. The Hall–Kier alpha value is -3.02. The number of esters is 1. The normalized spacial score (nSPS) is 13.0. The maximum Gasteiger partial charge on any atom is 0.331 e. The number of rotatable bonds is 5. The number of ether oxygens (including phenoxy) is 3.